The smallest absolute Gasteiger partial charge is 0.338 e. The summed E-state index contributed by atoms with van der Waals surface area (Å²) in [5, 5.41) is 6.65. The van der Waals surface area contributed by atoms with Gasteiger partial charge in [-0.05, 0) is 48.3 Å². The van der Waals surface area contributed by atoms with E-state index in [2.05, 4.69) is 10.6 Å². The molecular formula is C24H28N2O4S. The van der Waals surface area contributed by atoms with Gasteiger partial charge in [-0.3, -0.25) is 0 Å². The number of rotatable bonds is 8. The number of carbonyl (C=O) groups is 1. The first-order valence-corrected chi connectivity index (χ1v) is 10.6. The fraction of sp³-hybridized carbons (Fsp3) is 0.333. The van der Waals surface area contributed by atoms with Gasteiger partial charge in [-0.15, -0.1) is 0 Å². The Morgan fingerprint density at radius 2 is 1.87 bits per heavy atom. The Labute approximate surface area is 188 Å². The molecule has 0 bridgehead atoms. The maximum atomic E-state index is 12.8. The molecule has 0 aliphatic carbocycles. The fourth-order valence-corrected chi connectivity index (χ4v) is 3.52. The SMILES string of the molecule is COc1cc([C@@H]2NC(=S)NC(C)=C2C(=O)OCC(C)C)ccc1OCc1ccccc1. The van der Waals surface area contributed by atoms with Gasteiger partial charge in [0.1, 0.15) is 6.61 Å². The van der Waals surface area contributed by atoms with Crippen LogP contribution in [0.4, 0.5) is 0 Å². The minimum atomic E-state index is -0.453. The summed E-state index contributed by atoms with van der Waals surface area (Å²) in [7, 11) is 1.59. The summed E-state index contributed by atoms with van der Waals surface area (Å²) < 4.78 is 17.0. The van der Waals surface area contributed by atoms with Gasteiger partial charge in [0, 0.05) is 5.70 Å². The standard InChI is InChI=1S/C24H28N2O4S/c1-15(2)13-30-23(27)21-16(3)25-24(31)26-22(21)18-10-11-19(20(12-18)28-4)29-14-17-8-6-5-7-9-17/h5-12,15,22H,13-14H2,1-4H3,(H2,25,26,31)/t22-/m0/s1. The number of nitrogens with one attached hydrogen (secondary N) is 2. The number of hydrogen-bond donors (Lipinski definition) is 2. The van der Waals surface area contributed by atoms with Crippen LogP contribution in [0.15, 0.2) is 59.8 Å². The molecule has 0 unspecified atom stereocenters. The van der Waals surface area contributed by atoms with E-state index in [0.29, 0.717) is 41.1 Å². The molecule has 1 heterocycles. The molecule has 0 fully saturated rings. The van der Waals surface area contributed by atoms with Crippen molar-refractivity contribution in [2.75, 3.05) is 13.7 Å². The molecule has 0 spiro atoms. The fourth-order valence-electron chi connectivity index (χ4n) is 3.25. The molecular weight excluding hydrogens is 412 g/mol. The summed E-state index contributed by atoms with van der Waals surface area (Å²) in [6.07, 6.45) is 0. The number of hydrogen-bond acceptors (Lipinski definition) is 5. The molecule has 6 nitrogen and oxygen atoms in total. The van der Waals surface area contributed by atoms with Crippen molar-refractivity contribution in [3.05, 3.63) is 70.9 Å². The molecule has 3 rings (SSSR count). The first-order valence-electron chi connectivity index (χ1n) is 10.2. The van der Waals surface area contributed by atoms with Gasteiger partial charge in [0.15, 0.2) is 16.6 Å². The van der Waals surface area contributed by atoms with Crippen LogP contribution in [0.5, 0.6) is 11.5 Å². The first-order chi connectivity index (χ1) is 14.9. The van der Waals surface area contributed by atoms with Gasteiger partial charge in [-0.1, -0.05) is 50.2 Å². The van der Waals surface area contributed by atoms with Gasteiger partial charge in [0.25, 0.3) is 0 Å². The van der Waals surface area contributed by atoms with E-state index < -0.39 is 6.04 Å². The quantitative estimate of drug-likeness (QED) is 0.469. The molecule has 0 radical (unpaired) electrons. The molecule has 1 atom stereocenters. The molecule has 0 aromatic heterocycles. The van der Waals surface area contributed by atoms with Crippen molar-refractivity contribution in [2.45, 2.75) is 33.4 Å². The molecule has 1 aliphatic heterocycles. The van der Waals surface area contributed by atoms with E-state index in [9.17, 15) is 4.79 Å². The molecule has 2 aromatic rings. The molecule has 7 heteroatoms. The van der Waals surface area contributed by atoms with Crippen molar-refractivity contribution in [3.8, 4) is 11.5 Å². The van der Waals surface area contributed by atoms with Gasteiger partial charge in [-0.2, -0.15) is 0 Å². The zero-order chi connectivity index (χ0) is 22.4. The number of benzene rings is 2. The van der Waals surface area contributed by atoms with Crippen LogP contribution in [0.3, 0.4) is 0 Å². The predicted octanol–water partition coefficient (Wildman–Crippen LogP) is 4.27. The minimum absolute atomic E-state index is 0.245. The van der Waals surface area contributed by atoms with Crippen molar-refractivity contribution in [2.24, 2.45) is 5.92 Å². The van der Waals surface area contributed by atoms with E-state index in [1.54, 1.807) is 7.11 Å². The summed E-state index contributed by atoms with van der Waals surface area (Å²) in [6, 6.07) is 15.1. The van der Waals surface area contributed by atoms with Gasteiger partial charge in [-0.25, -0.2) is 4.79 Å². The second kappa shape index (κ2) is 10.3. The van der Waals surface area contributed by atoms with E-state index in [0.717, 1.165) is 11.1 Å². The summed E-state index contributed by atoms with van der Waals surface area (Å²) in [4.78, 5) is 12.8. The highest BCUT2D eigenvalue weighted by Gasteiger charge is 2.31. The average molecular weight is 441 g/mol. The second-order valence-electron chi connectivity index (χ2n) is 7.75. The van der Waals surface area contributed by atoms with Crippen LogP contribution < -0.4 is 20.1 Å². The Morgan fingerprint density at radius 3 is 2.55 bits per heavy atom. The normalized spacial score (nSPS) is 15.9. The molecule has 2 N–H and O–H groups in total. The average Bonchev–Trinajstić information content (AvgIpc) is 2.76. The first kappa shape index (κ1) is 22.6. The van der Waals surface area contributed by atoms with Crippen LogP contribution in [0, 0.1) is 5.92 Å². The second-order valence-corrected chi connectivity index (χ2v) is 8.16. The number of allylic oxidation sites excluding steroid dienone is 1. The van der Waals surface area contributed by atoms with Crippen LogP contribution in [0.2, 0.25) is 0 Å². The third-order valence-corrected chi connectivity index (χ3v) is 5.01. The zero-order valence-corrected chi connectivity index (χ0v) is 19.0. The summed E-state index contributed by atoms with van der Waals surface area (Å²) in [6.45, 7) is 6.59. The highest BCUT2D eigenvalue weighted by atomic mass is 32.1. The highest BCUT2D eigenvalue weighted by Crippen LogP contribution is 2.35. The molecule has 0 saturated heterocycles. The van der Waals surface area contributed by atoms with Crippen LogP contribution in [-0.2, 0) is 16.1 Å². The van der Waals surface area contributed by atoms with Crippen molar-refractivity contribution in [3.63, 3.8) is 0 Å². The molecule has 164 valence electrons. The Kier molecular flexibility index (Phi) is 7.52. The maximum absolute atomic E-state index is 12.8. The van der Waals surface area contributed by atoms with Crippen molar-refractivity contribution in [1.29, 1.82) is 0 Å². The Bertz CT molecular complexity index is 973. The van der Waals surface area contributed by atoms with E-state index in [1.807, 2.05) is 69.3 Å². The summed E-state index contributed by atoms with van der Waals surface area (Å²) in [5.41, 5.74) is 3.05. The maximum Gasteiger partial charge on any atom is 0.338 e. The number of ether oxygens (including phenoxy) is 3. The highest BCUT2D eigenvalue weighted by molar-refractivity contribution is 7.80. The van der Waals surface area contributed by atoms with Gasteiger partial charge in [0.05, 0.1) is 25.3 Å². The van der Waals surface area contributed by atoms with E-state index in [1.165, 1.54) is 0 Å². The van der Waals surface area contributed by atoms with Gasteiger partial charge in [0.2, 0.25) is 0 Å². The summed E-state index contributed by atoms with van der Waals surface area (Å²) in [5.74, 6) is 1.07. The topological polar surface area (TPSA) is 68.8 Å². The van der Waals surface area contributed by atoms with Crippen LogP contribution in [0.25, 0.3) is 0 Å². The molecule has 0 amide bonds. The van der Waals surface area contributed by atoms with Crippen molar-refractivity contribution < 1.29 is 19.0 Å². The Morgan fingerprint density at radius 1 is 1.13 bits per heavy atom. The number of thiocarbonyl (C=S) groups is 1. The summed E-state index contributed by atoms with van der Waals surface area (Å²) >= 11 is 5.32. The lowest BCUT2D eigenvalue weighted by atomic mass is 9.95. The van der Waals surface area contributed by atoms with Crippen LogP contribution >= 0.6 is 12.2 Å². The lowest BCUT2D eigenvalue weighted by Crippen LogP contribution is -2.45. The number of carbonyl (C=O) groups excluding carboxylic acids is 1. The third kappa shape index (κ3) is 5.76. The molecule has 31 heavy (non-hydrogen) atoms. The van der Waals surface area contributed by atoms with Crippen molar-refractivity contribution >= 4 is 23.3 Å². The molecule has 1 aliphatic rings. The zero-order valence-electron chi connectivity index (χ0n) is 18.2. The number of methoxy groups -OCH3 is 1. The van der Waals surface area contributed by atoms with Crippen LogP contribution in [0.1, 0.15) is 37.9 Å². The van der Waals surface area contributed by atoms with E-state index in [4.69, 9.17) is 26.4 Å². The van der Waals surface area contributed by atoms with Crippen LogP contribution in [-0.4, -0.2) is 24.8 Å². The van der Waals surface area contributed by atoms with E-state index >= 15 is 0 Å². The lowest BCUT2D eigenvalue weighted by Gasteiger charge is -2.30. The monoisotopic (exact) mass is 440 g/mol. The van der Waals surface area contributed by atoms with Gasteiger partial charge >= 0.3 is 5.97 Å². The molecule has 2 aromatic carbocycles. The lowest BCUT2D eigenvalue weighted by molar-refractivity contribution is -0.140. The predicted molar refractivity (Wildman–Crippen MR) is 124 cm³/mol. The van der Waals surface area contributed by atoms with E-state index in [-0.39, 0.29) is 11.9 Å². The van der Waals surface area contributed by atoms with Gasteiger partial charge < -0.3 is 24.8 Å². The number of esters is 1. The Balaban J connectivity index is 1.85. The largest absolute Gasteiger partial charge is 0.493 e. The van der Waals surface area contributed by atoms with Crippen molar-refractivity contribution in [1.82, 2.24) is 10.6 Å². The Hall–Kier alpha value is -3.06. The minimum Gasteiger partial charge on any atom is -0.493 e. The molecule has 0 saturated carbocycles. The third-order valence-electron chi connectivity index (χ3n) is 4.79.